The number of anilines is 1. The summed E-state index contributed by atoms with van der Waals surface area (Å²) in [6.07, 6.45) is 2.12. The Morgan fingerprint density at radius 1 is 1.38 bits per heavy atom. The molecule has 0 saturated carbocycles. The molecule has 1 fully saturated rings. The molecule has 2 aromatic rings. The van der Waals surface area contributed by atoms with Crippen LogP contribution in [0.3, 0.4) is 0 Å². The minimum atomic E-state index is -0.411. The van der Waals surface area contributed by atoms with Crippen molar-refractivity contribution < 1.29 is 18.7 Å². The maximum Gasteiger partial charge on any atom is 0.230 e. The van der Waals surface area contributed by atoms with E-state index in [0.29, 0.717) is 48.8 Å². The number of carbonyl (C=O) groups is 2. The maximum absolute atomic E-state index is 13.7. The van der Waals surface area contributed by atoms with Gasteiger partial charge in [-0.15, -0.1) is 0 Å². The molecule has 0 radical (unpaired) electrons. The van der Waals surface area contributed by atoms with Gasteiger partial charge in [-0.3, -0.25) is 9.59 Å². The number of hydrogen-bond donors (Lipinski definition) is 2. The van der Waals surface area contributed by atoms with Crippen LogP contribution in [0, 0.1) is 11.7 Å². The Balaban J connectivity index is 1.79. The Labute approximate surface area is 150 Å². The predicted molar refractivity (Wildman–Crippen MR) is 93.0 cm³/mol. The molecule has 2 N–H and O–H groups in total. The normalized spacial score (nSPS) is 16.7. The van der Waals surface area contributed by atoms with E-state index in [1.165, 1.54) is 18.5 Å². The Morgan fingerprint density at radius 2 is 2.23 bits per heavy atom. The van der Waals surface area contributed by atoms with Crippen molar-refractivity contribution in [1.82, 2.24) is 15.3 Å². The third-order valence-corrected chi connectivity index (χ3v) is 4.07. The number of carbonyl (C=O) groups excluding carboxylic acids is 2. The molecule has 1 aliphatic heterocycles. The monoisotopic (exact) mass is 358 g/mol. The zero-order chi connectivity index (χ0) is 18.5. The first kappa shape index (κ1) is 17.8. The number of ether oxygens (including phenoxy) is 1. The fourth-order valence-electron chi connectivity index (χ4n) is 2.74. The van der Waals surface area contributed by atoms with Gasteiger partial charge in [-0.2, -0.15) is 0 Å². The molecule has 0 bridgehead atoms. The number of nitrogens with zero attached hydrogens (tertiary/aromatic N) is 2. The van der Waals surface area contributed by atoms with E-state index in [1.807, 2.05) is 6.92 Å². The topological polar surface area (TPSA) is 93.2 Å². The second-order valence-electron chi connectivity index (χ2n) is 5.89. The van der Waals surface area contributed by atoms with Crippen molar-refractivity contribution in [1.29, 1.82) is 0 Å². The van der Waals surface area contributed by atoms with E-state index < -0.39 is 5.82 Å². The van der Waals surface area contributed by atoms with Gasteiger partial charge >= 0.3 is 0 Å². The first-order valence-corrected chi connectivity index (χ1v) is 8.39. The minimum absolute atomic E-state index is 0.0482. The lowest BCUT2D eigenvalue weighted by Gasteiger charge is -2.21. The molecule has 26 heavy (non-hydrogen) atoms. The molecule has 0 aliphatic carbocycles. The quantitative estimate of drug-likeness (QED) is 0.854. The van der Waals surface area contributed by atoms with Crippen molar-refractivity contribution in [2.75, 3.05) is 18.5 Å². The first-order valence-electron chi connectivity index (χ1n) is 8.39. The number of halogens is 1. The summed E-state index contributed by atoms with van der Waals surface area (Å²) in [6, 6.07) is 5.75. The van der Waals surface area contributed by atoms with E-state index >= 15 is 0 Å². The molecule has 7 nitrogen and oxygen atoms in total. The number of amides is 2. The van der Waals surface area contributed by atoms with Gasteiger partial charge in [-0.25, -0.2) is 14.4 Å². The highest BCUT2D eigenvalue weighted by Gasteiger charge is 2.24. The van der Waals surface area contributed by atoms with Crippen LogP contribution in [0.1, 0.15) is 19.8 Å². The van der Waals surface area contributed by atoms with Crippen molar-refractivity contribution in [3.63, 3.8) is 0 Å². The zero-order valence-corrected chi connectivity index (χ0v) is 14.3. The smallest absolute Gasteiger partial charge is 0.230 e. The van der Waals surface area contributed by atoms with Crippen molar-refractivity contribution in [2.45, 2.75) is 19.8 Å². The molecule has 1 aromatic heterocycles. The van der Waals surface area contributed by atoms with E-state index in [1.54, 1.807) is 12.1 Å². The predicted octanol–water partition coefficient (Wildman–Crippen LogP) is 2.15. The highest BCUT2D eigenvalue weighted by molar-refractivity contribution is 5.93. The standard InChI is InChI=1S/C18H19FN4O3/c1-2-26-15-5-4-12(19)7-13(15)14-8-16(22-10-21-14)23-18(25)11-3-6-17(24)20-9-11/h4-5,7-8,10-11H,2-3,6,9H2,1H3,(H,20,24)(H,21,22,23,25). The third-order valence-electron chi connectivity index (χ3n) is 4.07. The molecular weight excluding hydrogens is 339 g/mol. The Morgan fingerprint density at radius 3 is 2.96 bits per heavy atom. The van der Waals surface area contributed by atoms with Crippen molar-refractivity contribution >= 4 is 17.6 Å². The Bertz CT molecular complexity index is 818. The van der Waals surface area contributed by atoms with Gasteiger partial charge in [-0.1, -0.05) is 0 Å². The summed E-state index contributed by atoms with van der Waals surface area (Å²) in [6.45, 7) is 2.57. The van der Waals surface area contributed by atoms with Crippen LogP contribution in [-0.2, 0) is 9.59 Å². The number of hydrogen-bond acceptors (Lipinski definition) is 5. The van der Waals surface area contributed by atoms with Crippen molar-refractivity contribution in [3.05, 3.63) is 36.4 Å². The highest BCUT2D eigenvalue weighted by Crippen LogP contribution is 2.30. The fraction of sp³-hybridized carbons (Fsp3) is 0.333. The lowest BCUT2D eigenvalue weighted by Crippen LogP contribution is -2.40. The highest BCUT2D eigenvalue weighted by atomic mass is 19.1. The summed E-state index contributed by atoms with van der Waals surface area (Å²) >= 11 is 0. The Kier molecular flexibility index (Phi) is 5.40. The molecule has 136 valence electrons. The average Bonchev–Trinajstić information content (AvgIpc) is 2.64. The van der Waals surface area contributed by atoms with Gasteiger partial charge in [0.15, 0.2) is 0 Å². The third kappa shape index (κ3) is 4.14. The van der Waals surface area contributed by atoms with Gasteiger partial charge in [0.1, 0.15) is 23.7 Å². The summed E-state index contributed by atoms with van der Waals surface area (Å²) < 4.78 is 19.2. The number of nitrogens with one attached hydrogen (secondary N) is 2. The fourth-order valence-corrected chi connectivity index (χ4v) is 2.74. The zero-order valence-electron chi connectivity index (χ0n) is 14.3. The first-order chi connectivity index (χ1) is 12.6. The molecule has 1 saturated heterocycles. The molecule has 2 amide bonds. The van der Waals surface area contributed by atoms with Crippen molar-refractivity contribution in [3.8, 4) is 17.0 Å². The molecule has 1 unspecified atom stereocenters. The maximum atomic E-state index is 13.7. The number of aromatic nitrogens is 2. The van der Waals surface area contributed by atoms with E-state index in [-0.39, 0.29) is 17.7 Å². The van der Waals surface area contributed by atoms with Gasteiger partial charge in [0.25, 0.3) is 0 Å². The van der Waals surface area contributed by atoms with Crippen molar-refractivity contribution in [2.24, 2.45) is 5.92 Å². The lowest BCUT2D eigenvalue weighted by molar-refractivity contribution is -0.126. The van der Waals surface area contributed by atoms with E-state index in [0.717, 1.165) is 0 Å². The van der Waals surface area contributed by atoms with Crippen LogP contribution in [0.5, 0.6) is 5.75 Å². The summed E-state index contributed by atoms with van der Waals surface area (Å²) in [5.41, 5.74) is 0.921. The Hall–Kier alpha value is -3.03. The minimum Gasteiger partial charge on any atom is -0.493 e. The van der Waals surface area contributed by atoms with Crippen LogP contribution in [0.15, 0.2) is 30.6 Å². The van der Waals surface area contributed by atoms with Crippen LogP contribution in [0.4, 0.5) is 10.2 Å². The second kappa shape index (κ2) is 7.90. The molecule has 8 heteroatoms. The largest absolute Gasteiger partial charge is 0.493 e. The molecular formula is C18H19FN4O3. The molecule has 0 spiro atoms. The summed E-state index contributed by atoms with van der Waals surface area (Å²) in [7, 11) is 0. The molecule has 2 heterocycles. The summed E-state index contributed by atoms with van der Waals surface area (Å²) in [5, 5.41) is 5.40. The molecule has 1 atom stereocenters. The van der Waals surface area contributed by atoms with Gasteiger partial charge in [0.05, 0.1) is 18.2 Å². The number of piperidine rings is 1. The van der Waals surface area contributed by atoms with Gasteiger partial charge in [0, 0.05) is 24.6 Å². The molecule has 1 aliphatic rings. The SMILES string of the molecule is CCOc1ccc(F)cc1-c1cc(NC(=O)C2CCC(=O)NC2)ncn1. The second-order valence-corrected chi connectivity index (χ2v) is 5.89. The lowest BCUT2D eigenvalue weighted by atomic mass is 9.98. The van der Waals surface area contributed by atoms with E-state index in [4.69, 9.17) is 4.74 Å². The van der Waals surface area contributed by atoms with Gasteiger partial charge in [0.2, 0.25) is 11.8 Å². The summed E-state index contributed by atoms with van der Waals surface area (Å²) in [5.74, 6) is -0.180. The van der Waals surface area contributed by atoms with Gasteiger partial charge in [-0.05, 0) is 31.5 Å². The number of rotatable bonds is 5. The van der Waals surface area contributed by atoms with Crippen LogP contribution < -0.4 is 15.4 Å². The van der Waals surface area contributed by atoms with E-state index in [2.05, 4.69) is 20.6 Å². The van der Waals surface area contributed by atoms with Crippen LogP contribution >= 0.6 is 0 Å². The average molecular weight is 358 g/mol. The number of benzene rings is 1. The summed E-state index contributed by atoms with van der Waals surface area (Å²) in [4.78, 5) is 31.7. The van der Waals surface area contributed by atoms with E-state index in [9.17, 15) is 14.0 Å². The van der Waals surface area contributed by atoms with Crippen LogP contribution in [0.25, 0.3) is 11.3 Å². The van der Waals surface area contributed by atoms with Gasteiger partial charge < -0.3 is 15.4 Å². The van der Waals surface area contributed by atoms with Crippen LogP contribution in [0.2, 0.25) is 0 Å². The van der Waals surface area contributed by atoms with Crippen LogP contribution in [-0.4, -0.2) is 34.9 Å². The molecule has 1 aromatic carbocycles. The molecule has 3 rings (SSSR count).